The summed E-state index contributed by atoms with van der Waals surface area (Å²) >= 11 is 0. The Morgan fingerprint density at radius 1 is 1.03 bits per heavy atom. The summed E-state index contributed by atoms with van der Waals surface area (Å²) in [5.41, 5.74) is 1.48. The quantitative estimate of drug-likeness (QED) is 0.486. The van der Waals surface area contributed by atoms with Crippen molar-refractivity contribution in [3.8, 4) is 5.75 Å². The molecule has 0 radical (unpaired) electrons. The van der Waals surface area contributed by atoms with Gasteiger partial charge in [-0.25, -0.2) is 0 Å². The summed E-state index contributed by atoms with van der Waals surface area (Å²) < 4.78 is 7.89. The summed E-state index contributed by atoms with van der Waals surface area (Å²) in [4.78, 5) is 29.9. The highest BCUT2D eigenvalue weighted by Crippen LogP contribution is 2.35. The van der Waals surface area contributed by atoms with E-state index in [4.69, 9.17) is 4.74 Å². The number of aromatic nitrogens is 1. The second kappa shape index (κ2) is 10.4. The van der Waals surface area contributed by atoms with E-state index < -0.39 is 5.54 Å². The molecular formula is C30H37N3O3. The summed E-state index contributed by atoms with van der Waals surface area (Å²) in [5.74, 6) is 0.555. The Morgan fingerprint density at radius 2 is 1.72 bits per heavy atom. The predicted octanol–water partition coefficient (Wildman–Crippen LogP) is 5.68. The van der Waals surface area contributed by atoms with Crippen molar-refractivity contribution in [2.45, 2.75) is 83.5 Å². The van der Waals surface area contributed by atoms with Gasteiger partial charge in [0, 0.05) is 22.5 Å². The molecule has 1 unspecified atom stereocenters. The normalized spacial score (nSPS) is 21.1. The first-order valence-electron chi connectivity index (χ1n) is 13.4. The van der Waals surface area contributed by atoms with E-state index in [0.717, 1.165) is 47.9 Å². The molecule has 6 nitrogen and oxygen atoms in total. The van der Waals surface area contributed by atoms with Gasteiger partial charge >= 0.3 is 0 Å². The molecule has 5 rings (SSSR count). The molecule has 0 bridgehead atoms. The van der Waals surface area contributed by atoms with Crippen LogP contribution in [0, 0.1) is 0 Å². The Labute approximate surface area is 213 Å². The van der Waals surface area contributed by atoms with E-state index in [0.29, 0.717) is 25.4 Å². The maximum absolute atomic E-state index is 14.1. The minimum atomic E-state index is -1.03. The third kappa shape index (κ3) is 4.61. The van der Waals surface area contributed by atoms with Gasteiger partial charge in [0.25, 0.3) is 5.91 Å². The number of carbonyl (C=O) groups is 2. The summed E-state index contributed by atoms with van der Waals surface area (Å²) in [6.45, 7) is 5.14. The van der Waals surface area contributed by atoms with Crippen molar-refractivity contribution in [2.24, 2.45) is 0 Å². The number of nitrogens with zero attached hydrogens (tertiary/aromatic N) is 2. The lowest BCUT2D eigenvalue weighted by Gasteiger charge is -2.45. The molecule has 1 saturated carbocycles. The average molecular weight is 488 g/mol. The number of rotatable bonds is 6. The van der Waals surface area contributed by atoms with Crippen molar-refractivity contribution < 1.29 is 14.3 Å². The Balaban J connectivity index is 1.53. The maximum Gasteiger partial charge on any atom is 0.271 e. The topological polar surface area (TPSA) is 63.6 Å². The van der Waals surface area contributed by atoms with Crippen LogP contribution < -0.4 is 10.1 Å². The van der Waals surface area contributed by atoms with Crippen molar-refractivity contribution >= 4 is 22.7 Å². The molecule has 2 aliphatic rings. The van der Waals surface area contributed by atoms with Gasteiger partial charge in [0.2, 0.25) is 5.91 Å². The Hall–Kier alpha value is -3.28. The molecule has 2 amide bonds. The van der Waals surface area contributed by atoms with Crippen LogP contribution >= 0.6 is 0 Å². The molecule has 3 aromatic rings. The molecule has 1 atom stereocenters. The Bertz CT molecular complexity index is 1240. The number of carbonyl (C=O) groups excluding carboxylic acids is 2. The van der Waals surface area contributed by atoms with E-state index in [2.05, 4.69) is 5.32 Å². The second-order valence-corrected chi connectivity index (χ2v) is 10.4. The molecule has 1 aliphatic carbocycles. The average Bonchev–Trinajstić information content (AvgIpc) is 3.23. The number of nitrogens with one attached hydrogen (secondary N) is 1. The van der Waals surface area contributed by atoms with Crippen LogP contribution in [-0.4, -0.2) is 39.5 Å². The van der Waals surface area contributed by atoms with Gasteiger partial charge < -0.3 is 19.5 Å². The Kier molecular flexibility index (Phi) is 7.04. The molecule has 2 aromatic carbocycles. The zero-order valence-electron chi connectivity index (χ0n) is 21.5. The van der Waals surface area contributed by atoms with Crippen LogP contribution in [0.5, 0.6) is 5.75 Å². The number of benzene rings is 2. The van der Waals surface area contributed by atoms with Gasteiger partial charge in [-0.05, 0) is 44.9 Å². The van der Waals surface area contributed by atoms with Crippen molar-refractivity contribution in [3.63, 3.8) is 0 Å². The fourth-order valence-electron chi connectivity index (χ4n) is 5.80. The van der Waals surface area contributed by atoms with Crippen molar-refractivity contribution in [3.05, 3.63) is 65.9 Å². The highest BCUT2D eigenvalue weighted by atomic mass is 16.5. The molecule has 1 aromatic heterocycles. The van der Waals surface area contributed by atoms with Crippen LogP contribution in [-0.2, 0) is 17.9 Å². The third-order valence-electron chi connectivity index (χ3n) is 7.87. The Morgan fingerprint density at radius 3 is 2.50 bits per heavy atom. The summed E-state index contributed by atoms with van der Waals surface area (Å²) in [6.07, 6.45) is 8.00. The van der Waals surface area contributed by atoms with Gasteiger partial charge in [0.05, 0.1) is 19.7 Å². The first kappa shape index (κ1) is 24.4. The monoisotopic (exact) mass is 487 g/mol. The molecule has 2 heterocycles. The number of hydrogen-bond donors (Lipinski definition) is 1. The van der Waals surface area contributed by atoms with Crippen molar-refractivity contribution in [2.75, 3.05) is 6.61 Å². The van der Waals surface area contributed by atoms with Gasteiger partial charge in [-0.15, -0.1) is 0 Å². The van der Waals surface area contributed by atoms with Crippen LogP contribution in [0.3, 0.4) is 0 Å². The van der Waals surface area contributed by atoms with Gasteiger partial charge in [0.1, 0.15) is 17.0 Å². The highest BCUT2D eigenvalue weighted by Gasteiger charge is 2.48. The van der Waals surface area contributed by atoms with Crippen molar-refractivity contribution in [1.29, 1.82) is 0 Å². The van der Waals surface area contributed by atoms with E-state index in [9.17, 15) is 9.59 Å². The second-order valence-electron chi connectivity index (χ2n) is 10.4. The van der Waals surface area contributed by atoms with Gasteiger partial charge in [-0.3, -0.25) is 9.59 Å². The molecule has 190 valence electrons. The predicted molar refractivity (Wildman–Crippen MR) is 142 cm³/mol. The lowest BCUT2D eigenvalue weighted by Crippen LogP contribution is -2.64. The molecule has 1 N–H and O–H groups in total. The zero-order chi connectivity index (χ0) is 25.1. The van der Waals surface area contributed by atoms with E-state index >= 15 is 0 Å². The molecule has 36 heavy (non-hydrogen) atoms. The molecule has 0 saturated heterocycles. The molecule has 1 aliphatic heterocycles. The first-order chi connectivity index (χ1) is 17.5. The number of para-hydroxylation sites is 2. The molecule has 1 fully saturated rings. The van der Waals surface area contributed by atoms with Crippen LogP contribution in [0.15, 0.2) is 54.6 Å². The minimum absolute atomic E-state index is 0.0706. The summed E-state index contributed by atoms with van der Waals surface area (Å²) in [7, 11) is 0. The third-order valence-corrected chi connectivity index (χ3v) is 7.87. The molecule has 0 spiro atoms. The SMILES string of the molecule is CCOc1ccccc1CN1C(=O)c2cc3ccccc3n2CC1(C)C(=O)NC1CCCCCCC1. The van der Waals surface area contributed by atoms with E-state index in [1.807, 2.05) is 73.0 Å². The van der Waals surface area contributed by atoms with Gasteiger partial charge in [-0.2, -0.15) is 0 Å². The summed E-state index contributed by atoms with van der Waals surface area (Å²) in [5, 5.41) is 4.38. The van der Waals surface area contributed by atoms with Crippen LogP contribution in [0.25, 0.3) is 10.9 Å². The zero-order valence-corrected chi connectivity index (χ0v) is 21.5. The summed E-state index contributed by atoms with van der Waals surface area (Å²) in [6, 6.07) is 17.9. The smallest absolute Gasteiger partial charge is 0.271 e. The number of ether oxygens (including phenoxy) is 1. The standard InChI is InChI=1S/C30H37N3O3/c1-3-36-27-18-12-10-14-23(27)20-33-28(34)26-19-22-13-9-11-17-25(22)32(26)21-30(33,2)29(35)31-24-15-7-5-4-6-8-16-24/h9-14,17-19,24H,3-8,15-16,20-21H2,1-2H3,(H,31,35). The van der Waals surface area contributed by atoms with Crippen molar-refractivity contribution in [1.82, 2.24) is 14.8 Å². The number of hydrogen-bond acceptors (Lipinski definition) is 3. The van der Waals surface area contributed by atoms with E-state index in [-0.39, 0.29) is 17.9 Å². The first-order valence-corrected chi connectivity index (χ1v) is 13.4. The van der Waals surface area contributed by atoms with Crippen LogP contribution in [0.2, 0.25) is 0 Å². The molecular weight excluding hydrogens is 450 g/mol. The molecule has 6 heteroatoms. The van der Waals surface area contributed by atoms with Gasteiger partial charge in [-0.1, -0.05) is 68.5 Å². The minimum Gasteiger partial charge on any atom is -0.494 e. The fraction of sp³-hybridized carbons (Fsp3) is 0.467. The van der Waals surface area contributed by atoms with E-state index in [1.54, 1.807) is 4.90 Å². The highest BCUT2D eigenvalue weighted by molar-refractivity contribution is 6.03. The van der Waals surface area contributed by atoms with Gasteiger partial charge in [0.15, 0.2) is 0 Å². The van der Waals surface area contributed by atoms with Crippen LogP contribution in [0.1, 0.15) is 74.8 Å². The maximum atomic E-state index is 14.1. The van der Waals surface area contributed by atoms with E-state index in [1.165, 1.54) is 19.3 Å². The lowest BCUT2D eigenvalue weighted by molar-refractivity contribution is -0.134. The largest absolute Gasteiger partial charge is 0.494 e. The van der Waals surface area contributed by atoms with Crippen LogP contribution in [0.4, 0.5) is 0 Å². The number of fused-ring (bicyclic) bond motifs is 3. The number of amides is 2. The lowest BCUT2D eigenvalue weighted by atomic mass is 9.91. The fourth-order valence-corrected chi connectivity index (χ4v) is 5.80.